The van der Waals surface area contributed by atoms with Gasteiger partial charge in [-0.15, -0.1) is 0 Å². The van der Waals surface area contributed by atoms with E-state index in [1.165, 1.54) is 0 Å². The molecule has 128 valence electrons. The Kier molecular flexibility index (Phi) is 5.06. The Morgan fingerprint density at radius 3 is 2.24 bits per heavy atom. The Bertz CT molecular complexity index is 777. The number of carbonyl (C=O) groups excluding carboxylic acids is 2. The molecule has 2 amide bonds. The van der Waals surface area contributed by atoms with Gasteiger partial charge < -0.3 is 5.32 Å². The third kappa shape index (κ3) is 4.02. The van der Waals surface area contributed by atoms with Crippen LogP contribution in [0.2, 0.25) is 0 Å². The molecular formula is C18H19N5O2. The first-order valence-corrected chi connectivity index (χ1v) is 7.95. The topological polar surface area (TPSA) is 94.6 Å². The molecule has 1 fully saturated rings. The van der Waals surface area contributed by atoms with Crippen LogP contribution >= 0.6 is 0 Å². The van der Waals surface area contributed by atoms with Crippen LogP contribution in [0.5, 0.6) is 0 Å². The maximum absolute atomic E-state index is 12.9. The maximum atomic E-state index is 12.9. The standard InChI is InChI=1S/C18H19N5O2/c1-12-17(19-18(25)23-20-12)22-21-15(13-8-4-2-5-9-13)16(24)14-10-6-3-7-11-14/h2-12,17,20,22H,1H3,(H2,19,23,25)/b21-15-. The number of rotatable bonds is 5. The van der Waals surface area contributed by atoms with Gasteiger partial charge in [-0.2, -0.15) is 5.10 Å². The lowest BCUT2D eigenvalue weighted by Gasteiger charge is -2.30. The summed E-state index contributed by atoms with van der Waals surface area (Å²) in [6.07, 6.45) is -0.448. The number of Topliss-reactive ketones (excluding diaryl/α,β-unsaturated/α-hetero) is 1. The summed E-state index contributed by atoms with van der Waals surface area (Å²) in [6, 6.07) is 17.7. The smallest absolute Gasteiger partial charge is 0.314 e. The molecule has 3 rings (SSSR count). The van der Waals surface area contributed by atoms with Crippen LogP contribution < -0.4 is 21.6 Å². The van der Waals surface area contributed by atoms with Crippen LogP contribution in [-0.2, 0) is 0 Å². The summed E-state index contributed by atoms with van der Waals surface area (Å²) in [5.74, 6) is -0.194. The van der Waals surface area contributed by atoms with E-state index in [1.54, 1.807) is 12.1 Å². The monoisotopic (exact) mass is 337 g/mol. The molecule has 1 heterocycles. The number of hydrogen-bond acceptors (Lipinski definition) is 5. The van der Waals surface area contributed by atoms with Crippen molar-refractivity contribution in [2.75, 3.05) is 0 Å². The molecule has 2 aromatic carbocycles. The van der Waals surface area contributed by atoms with Crippen molar-refractivity contribution in [1.82, 2.24) is 21.6 Å². The van der Waals surface area contributed by atoms with Crippen LogP contribution in [0.25, 0.3) is 0 Å². The Hall–Kier alpha value is -3.19. The van der Waals surface area contributed by atoms with E-state index < -0.39 is 6.17 Å². The van der Waals surface area contributed by atoms with Crippen molar-refractivity contribution in [2.24, 2.45) is 5.10 Å². The van der Waals surface area contributed by atoms with E-state index in [0.717, 1.165) is 0 Å². The quantitative estimate of drug-likeness (QED) is 0.377. The van der Waals surface area contributed by atoms with E-state index in [4.69, 9.17) is 0 Å². The molecule has 2 unspecified atom stereocenters. The van der Waals surface area contributed by atoms with Crippen molar-refractivity contribution in [3.63, 3.8) is 0 Å². The highest BCUT2D eigenvalue weighted by molar-refractivity contribution is 6.51. The molecule has 2 atom stereocenters. The minimum absolute atomic E-state index is 0.120. The molecule has 1 aliphatic heterocycles. The van der Waals surface area contributed by atoms with Crippen LogP contribution in [0, 0.1) is 0 Å². The summed E-state index contributed by atoms with van der Waals surface area (Å²) < 4.78 is 0. The Labute approximate surface area is 145 Å². The summed E-state index contributed by atoms with van der Waals surface area (Å²) in [5, 5.41) is 7.02. The highest BCUT2D eigenvalue weighted by Gasteiger charge is 2.25. The molecule has 1 aliphatic rings. The van der Waals surface area contributed by atoms with Crippen LogP contribution in [0.15, 0.2) is 65.8 Å². The first kappa shape index (κ1) is 16.7. The Morgan fingerprint density at radius 2 is 1.60 bits per heavy atom. The molecule has 7 heteroatoms. The van der Waals surface area contributed by atoms with Gasteiger partial charge in [0, 0.05) is 11.1 Å². The predicted molar refractivity (Wildman–Crippen MR) is 94.9 cm³/mol. The average molecular weight is 337 g/mol. The van der Waals surface area contributed by atoms with Gasteiger partial charge >= 0.3 is 6.03 Å². The van der Waals surface area contributed by atoms with Gasteiger partial charge in [-0.05, 0) is 6.92 Å². The predicted octanol–water partition coefficient (Wildman–Crippen LogP) is 1.40. The van der Waals surface area contributed by atoms with E-state index in [-0.39, 0.29) is 23.6 Å². The number of benzene rings is 2. The third-order valence-electron chi connectivity index (χ3n) is 3.81. The van der Waals surface area contributed by atoms with Crippen molar-refractivity contribution in [3.05, 3.63) is 71.8 Å². The highest BCUT2D eigenvalue weighted by Crippen LogP contribution is 2.09. The molecule has 0 spiro atoms. The van der Waals surface area contributed by atoms with E-state index in [9.17, 15) is 9.59 Å². The molecule has 0 radical (unpaired) electrons. The van der Waals surface area contributed by atoms with Crippen LogP contribution in [-0.4, -0.2) is 29.7 Å². The zero-order chi connectivity index (χ0) is 17.6. The molecule has 4 N–H and O–H groups in total. The minimum atomic E-state index is -0.448. The zero-order valence-corrected chi connectivity index (χ0v) is 13.7. The van der Waals surface area contributed by atoms with Gasteiger partial charge in [-0.1, -0.05) is 60.7 Å². The molecule has 0 bridgehead atoms. The summed E-state index contributed by atoms with van der Waals surface area (Å²) >= 11 is 0. The largest absolute Gasteiger partial charge is 0.330 e. The van der Waals surface area contributed by atoms with Gasteiger partial charge in [0.1, 0.15) is 11.9 Å². The first-order valence-electron chi connectivity index (χ1n) is 7.95. The molecule has 2 aromatic rings. The van der Waals surface area contributed by atoms with Crippen molar-refractivity contribution >= 4 is 17.5 Å². The fourth-order valence-corrected chi connectivity index (χ4v) is 2.41. The molecule has 7 nitrogen and oxygen atoms in total. The van der Waals surface area contributed by atoms with Gasteiger partial charge in [-0.3, -0.25) is 15.6 Å². The molecular weight excluding hydrogens is 318 g/mol. The molecule has 0 aromatic heterocycles. The number of urea groups is 1. The molecule has 0 saturated carbocycles. The number of amides is 2. The average Bonchev–Trinajstić information content (AvgIpc) is 2.66. The van der Waals surface area contributed by atoms with Crippen molar-refractivity contribution in [1.29, 1.82) is 0 Å². The third-order valence-corrected chi connectivity index (χ3v) is 3.81. The number of hydrazine groups is 1. The van der Waals surface area contributed by atoms with E-state index >= 15 is 0 Å². The van der Waals surface area contributed by atoms with E-state index in [1.807, 2.05) is 55.5 Å². The van der Waals surface area contributed by atoms with Gasteiger partial charge in [0.05, 0.1) is 6.04 Å². The Morgan fingerprint density at radius 1 is 1.00 bits per heavy atom. The summed E-state index contributed by atoms with van der Waals surface area (Å²) in [4.78, 5) is 24.3. The second kappa shape index (κ2) is 7.59. The number of hydrogen-bond donors (Lipinski definition) is 4. The lowest BCUT2D eigenvalue weighted by Crippen LogP contribution is -2.67. The van der Waals surface area contributed by atoms with E-state index in [0.29, 0.717) is 11.1 Å². The second-order valence-electron chi connectivity index (χ2n) is 5.66. The lowest BCUT2D eigenvalue weighted by molar-refractivity contribution is 0.106. The SMILES string of the molecule is CC1NNC(=O)NC1N/N=C(\C(=O)c1ccccc1)c1ccccc1. The van der Waals surface area contributed by atoms with Gasteiger partial charge in [0.15, 0.2) is 0 Å². The van der Waals surface area contributed by atoms with Crippen LogP contribution in [0.1, 0.15) is 22.8 Å². The lowest BCUT2D eigenvalue weighted by atomic mass is 10.0. The number of nitrogens with zero attached hydrogens (tertiary/aromatic N) is 1. The molecule has 1 saturated heterocycles. The second-order valence-corrected chi connectivity index (χ2v) is 5.66. The first-order chi connectivity index (χ1) is 12.1. The summed E-state index contributed by atoms with van der Waals surface area (Å²) in [5.41, 5.74) is 9.72. The van der Waals surface area contributed by atoms with Gasteiger partial charge in [0.2, 0.25) is 5.78 Å². The highest BCUT2D eigenvalue weighted by atomic mass is 16.2. The van der Waals surface area contributed by atoms with Gasteiger partial charge in [0.25, 0.3) is 0 Å². The maximum Gasteiger partial charge on any atom is 0.330 e. The number of carbonyl (C=O) groups is 2. The van der Waals surface area contributed by atoms with Crippen molar-refractivity contribution in [3.8, 4) is 0 Å². The fourth-order valence-electron chi connectivity index (χ4n) is 2.41. The number of ketones is 1. The van der Waals surface area contributed by atoms with Gasteiger partial charge in [-0.25, -0.2) is 10.2 Å². The summed E-state index contributed by atoms with van der Waals surface area (Å²) in [7, 11) is 0. The Balaban J connectivity index is 1.89. The molecule has 0 aliphatic carbocycles. The van der Waals surface area contributed by atoms with Crippen molar-refractivity contribution < 1.29 is 9.59 Å². The fraction of sp³-hybridized carbons (Fsp3) is 0.167. The molecule has 25 heavy (non-hydrogen) atoms. The van der Waals surface area contributed by atoms with Crippen LogP contribution in [0.3, 0.4) is 0 Å². The van der Waals surface area contributed by atoms with Crippen molar-refractivity contribution in [2.45, 2.75) is 19.1 Å². The number of hydrazone groups is 1. The normalized spacial score (nSPS) is 20.4. The van der Waals surface area contributed by atoms with Crippen LogP contribution in [0.4, 0.5) is 4.79 Å². The van der Waals surface area contributed by atoms with E-state index in [2.05, 4.69) is 26.7 Å². The number of nitrogens with one attached hydrogen (secondary N) is 4. The summed E-state index contributed by atoms with van der Waals surface area (Å²) in [6.45, 7) is 1.88. The zero-order valence-electron chi connectivity index (χ0n) is 13.7. The minimum Gasteiger partial charge on any atom is -0.314 e.